The summed E-state index contributed by atoms with van der Waals surface area (Å²) >= 11 is 0. The van der Waals surface area contributed by atoms with Gasteiger partial charge in [-0.3, -0.25) is 4.79 Å². The first kappa shape index (κ1) is 21.4. The van der Waals surface area contributed by atoms with Gasteiger partial charge in [0.15, 0.2) is 17.3 Å². The van der Waals surface area contributed by atoms with Crippen LogP contribution in [-0.2, 0) is 16.3 Å². The van der Waals surface area contributed by atoms with Gasteiger partial charge < -0.3 is 5.32 Å². The minimum atomic E-state index is -2.42. The molecule has 0 saturated carbocycles. The van der Waals surface area contributed by atoms with Crippen LogP contribution in [0, 0.1) is 5.82 Å². The number of rotatable bonds is 6. The van der Waals surface area contributed by atoms with Gasteiger partial charge in [0.2, 0.25) is 5.95 Å². The molecule has 1 N–H and O–H groups in total. The molecular weight excluding hydrogens is 433 g/mol. The molecule has 0 fully saturated rings. The van der Waals surface area contributed by atoms with Crippen LogP contribution in [-0.4, -0.2) is 41.0 Å². The van der Waals surface area contributed by atoms with E-state index in [1.54, 1.807) is 41.1 Å². The zero-order valence-electron chi connectivity index (χ0n) is 17.4. The van der Waals surface area contributed by atoms with E-state index in [9.17, 15) is 13.4 Å². The molecule has 3 aromatic heterocycles. The molecule has 0 amide bonds. The highest BCUT2D eigenvalue weighted by Gasteiger charge is 2.18. The van der Waals surface area contributed by atoms with E-state index in [1.807, 2.05) is 0 Å². The molecule has 3 heterocycles. The number of allylic oxidation sites excluding steroid dienone is 1. The zero-order valence-corrected chi connectivity index (χ0v) is 18.2. The topological polar surface area (TPSA) is 107 Å². The predicted octanol–water partition coefficient (Wildman–Crippen LogP) is 3.41. The standard InChI is InChI=1S/C21H20FN7O2S/c1-4-12-28-20(30)16-13-23-21(24-15-10-8-14(22)9-11-15)26-19(16)29(28)18-7-5-6-17(25-18)27-32(2,3)31/h4-11,13H,1,12H2,2-3H3,(H,23,24,26). The number of benzene rings is 1. The molecule has 0 aliphatic heterocycles. The molecule has 32 heavy (non-hydrogen) atoms. The van der Waals surface area contributed by atoms with Gasteiger partial charge in [0.25, 0.3) is 5.56 Å². The molecule has 0 atom stereocenters. The van der Waals surface area contributed by atoms with Crippen molar-refractivity contribution >= 4 is 38.2 Å². The van der Waals surface area contributed by atoms with Crippen molar-refractivity contribution < 1.29 is 8.60 Å². The highest BCUT2D eigenvalue weighted by Crippen LogP contribution is 2.20. The SMILES string of the molecule is C=CCn1c(=O)c2cnc(Nc3ccc(F)cc3)nc2n1-c1cccc(N=S(C)(C)=O)n1. The summed E-state index contributed by atoms with van der Waals surface area (Å²) in [4.78, 5) is 26.2. The first-order valence-corrected chi connectivity index (χ1v) is 11.8. The number of hydrogen-bond acceptors (Lipinski definition) is 7. The fraction of sp³-hybridized carbons (Fsp3) is 0.143. The summed E-state index contributed by atoms with van der Waals surface area (Å²) in [7, 11) is -2.42. The molecule has 0 bridgehead atoms. The lowest BCUT2D eigenvalue weighted by molar-refractivity contribution is 0.597. The van der Waals surface area contributed by atoms with E-state index in [-0.39, 0.29) is 35.1 Å². The molecule has 1 aromatic carbocycles. The van der Waals surface area contributed by atoms with E-state index in [4.69, 9.17) is 0 Å². The number of pyridine rings is 1. The minimum Gasteiger partial charge on any atom is -0.324 e. The number of fused-ring (bicyclic) bond motifs is 1. The quantitative estimate of drug-likeness (QED) is 0.449. The van der Waals surface area contributed by atoms with Crippen LogP contribution in [0.5, 0.6) is 0 Å². The van der Waals surface area contributed by atoms with E-state index in [1.165, 1.54) is 35.5 Å². The molecule has 4 aromatic rings. The molecule has 0 unspecified atom stereocenters. The lowest BCUT2D eigenvalue weighted by atomic mass is 10.3. The van der Waals surface area contributed by atoms with Crippen molar-refractivity contribution in [3.63, 3.8) is 0 Å². The van der Waals surface area contributed by atoms with Crippen LogP contribution in [0.25, 0.3) is 16.9 Å². The van der Waals surface area contributed by atoms with Crippen LogP contribution in [0.4, 0.5) is 21.8 Å². The molecule has 0 aliphatic rings. The van der Waals surface area contributed by atoms with E-state index < -0.39 is 9.73 Å². The second-order valence-corrected chi connectivity index (χ2v) is 9.72. The van der Waals surface area contributed by atoms with Gasteiger partial charge in [-0.2, -0.15) is 9.35 Å². The molecular formula is C21H20FN7O2S. The van der Waals surface area contributed by atoms with Crippen molar-refractivity contribution in [2.75, 3.05) is 17.8 Å². The van der Waals surface area contributed by atoms with Crippen molar-refractivity contribution in [2.24, 2.45) is 4.36 Å². The van der Waals surface area contributed by atoms with Crippen LogP contribution < -0.4 is 10.9 Å². The Kier molecular flexibility index (Phi) is 5.57. The molecule has 9 nitrogen and oxygen atoms in total. The smallest absolute Gasteiger partial charge is 0.278 e. The van der Waals surface area contributed by atoms with Crippen molar-refractivity contribution in [1.82, 2.24) is 24.3 Å². The maximum Gasteiger partial charge on any atom is 0.278 e. The second kappa shape index (κ2) is 8.35. The van der Waals surface area contributed by atoms with Crippen LogP contribution in [0.3, 0.4) is 0 Å². The van der Waals surface area contributed by atoms with Gasteiger partial charge in [0.05, 0.1) is 6.54 Å². The lowest BCUT2D eigenvalue weighted by Crippen LogP contribution is -2.22. The highest BCUT2D eigenvalue weighted by atomic mass is 32.2. The third-order valence-electron chi connectivity index (χ3n) is 4.33. The Morgan fingerprint density at radius 1 is 1.19 bits per heavy atom. The Hall–Kier alpha value is -3.86. The summed E-state index contributed by atoms with van der Waals surface area (Å²) in [5, 5.41) is 3.28. The summed E-state index contributed by atoms with van der Waals surface area (Å²) in [5.74, 6) is 0.507. The predicted molar refractivity (Wildman–Crippen MR) is 123 cm³/mol. The molecule has 164 valence electrons. The Bertz CT molecular complexity index is 1490. The van der Waals surface area contributed by atoms with E-state index in [0.717, 1.165) is 0 Å². The van der Waals surface area contributed by atoms with E-state index in [2.05, 4.69) is 31.2 Å². The van der Waals surface area contributed by atoms with Crippen LogP contribution in [0.1, 0.15) is 0 Å². The number of anilines is 2. The second-order valence-electron chi connectivity index (χ2n) is 7.18. The van der Waals surface area contributed by atoms with Crippen molar-refractivity contribution in [3.05, 3.63) is 77.5 Å². The van der Waals surface area contributed by atoms with Crippen molar-refractivity contribution in [3.8, 4) is 5.82 Å². The van der Waals surface area contributed by atoms with E-state index in [0.29, 0.717) is 17.2 Å². The fourth-order valence-electron chi connectivity index (χ4n) is 3.08. The lowest BCUT2D eigenvalue weighted by Gasteiger charge is -2.11. The molecule has 0 radical (unpaired) electrons. The molecule has 0 aliphatic carbocycles. The highest BCUT2D eigenvalue weighted by molar-refractivity contribution is 7.92. The molecule has 0 spiro atoms. The number of hydrogen-bond donors (Lipinski definition) is 1. The van der Waals surface area contributed by atoms with Crippen molar-refractivity contribution in [1.29, 1.82) is 0 Å². The zero-order chi connectivity index (χ0) is 22.9. The Morgan fingerprint density at radius 3 is 2.62 bits per heavy atom. The average molecular weight is 454 g/mol. The summed E-state index contributed by atoms with van der Waals surface area (Å²) in [6, 6.07) is 10.8. The molecule has 4 rings (SSSR count). The number of nitrogens with one attached hydrogen (secondary N) is 1. The van der Waals surface area contributed by atoms with Crippen LogP contribution in [0.15, 0.2) is 70.5 Å². The molecule has 11 heteroatoms. The maximum atomic E-state index is 13.2. The van der Waals surface area contributed by atoms with E-state index >= 15 is 0 Å². The fourth-order valence-corrected chi connectivity index (χ4v) is 3.63. The average Bonchev–Trinajstić information content (AvgIpc) is 3.00. The van der Waals surface area contributed by atoms with Gasteiger partial charge in [-0.1, -0.05) is 12.1 Å². The van der Waals surface area contributed by atoms with Gasteiger partial charge in [0.1, 0.15) is 11.2 Å². The van der Waals surface area contributed by atoms with Gasteiger partial charge in [-0.15, -0.1) is 6.58 Å². The number of nitrogens with zero attached hydrogens (tertiary/aromatic N) is 6. The summed E-state index contributed by atoms with van der Waals surface area (Å²) < 4.78 is 32.4. The summed E-state index contributed by atoms with van der Waals surface area (Å²) in [6.45, 7) is 3.93. The maximum absolute atomic E-state index is 13.2. The van der Waals surface area contributed by atoms with Gasteiger partial charge >= 0.3 is 0 Å². The van der Waals surface area contributed by atoms with Crippen LogP contribution >= 0.6 is 0 Å². The Morgan fingerprint density at radius 2 is 1.94 bits per heavy atom. The normalized spacial score (nSPS) is 11.5. The summed E-state index contributed by atoms with van der Waals surface area (Å²) in [6.07, 6.45) is 6.04. The van der Waals surface area contributed by atoms with Gasteiger partial charge in [-0.05, 0) is 36.4 Å². The van der Waals surface area contributed by atoms with Crippen molar-refractivity contribution in [2.45, 2.75) is 6.54 Å². The Balaban J connectivity index is 1.90. The van der Waals surface area contributed by atoms with Crippen LogP contribution in [0.2, 0.25) is 0 Å². The first-order valence-electron chi connectivity index (χ1n) is 9.52. The molecule has 0 saturated heterocycles. The van der Waals surface area contributed by atoms with Gasteiger partial charge in [-0.25, -0.2) is 27.9 Å². The summed E-state index contributed by atoms with van der Waals surface area (Å²) in [5.41, 5.74) is 0.590. The number of aromatic nitrogens is 5. The largest absolute Gasteiger partial charge is 0.324 e. The first-order chi connectivity index (χ1) is 15.2. The third kappa shape index (κ3) is 4.42. The third-order valence-corrected chi connectivity index (χ3v) is 4.95. The monoisotopic (exact) mass is 453 g/mol. The van der Waals surface area contributed by atoms with Gasteiger partial charge in [0, 0.05) is 34.1 Å². The minimum absolute atomic E-state index is 0.206. The Labute approximate surface area is 183 Å². The number of halogens is 1.